The molecule has 0 aliphatic carbocycles. The Bertz CT molecular complexity index is 3530. The summed E-state index contributed by atoms with van der Waals surface area (Å²) in [5, 5.41) is 11.8. The normalized spacial score (nSPS) is 11.3. The van der Waals surface area contributed by atoms with Gasteiger partial charge in [0.05, 0.1) is 11.6 Å². The molecule has 0 saturated heterocycles. The molecule has 0 spiro atoms. The second-order valence-corrected chi connectivity index (χ2v) is 18.3. The Kier molecular flexibility index (Phi) is 11.3. The number of benzene rings is 7. The molecule has 0 unspecified atom stereocenters. The molecule has 0 aliphatic rings. The molecule has 7 aromatic carbocycles. The highest BCUT2D eigenvalue weighted by Gasteiger charge is 2.25. The van der Waals surface area contributed by atoms with Crippen LogP contribution >= 0.6 is 0 Å². The van der Waals surface area contributed by atoms with E-state index in [0.29, 0.717) is 23.0 Å². The third-order valence-electron chi connectivity index (χ3n) is 15.2. The maximum Gasteiger partial charge on any atom is 0.164 e. The summed E-state index contributed by atoms with van der Waals surface area (Å²) < 4.78 is 6.81. The second kappa shape index (κ2) is 16.6. The van der Waals surface area contributed by atoms with Crippen LogP contribution < -0.4 is 76.5 Å². The summed E-state index contributed by atoms with van der Waals surface area (Å²) in [6, 6.07) is 31.0. The van der Waals surface area contributed by atoms with Crippen LogP contribution in [0.5, 0.6) is 0 Å². The van der Waals surface area contributed by atoms with Gasteiger partial charge < -0.3 is 4.42 Å². The topological polar surface area (TPSA) is 75.6 Å². The molecule has 0 fully saturated rings. The van der Waals surface area contributed by atoms with E-state index in [0.717, 1.165) is 60.7 Å². The van der Waals surface area contributed by atoms with Crippen molar-refractivity contribution in [3.05, 3.63) is 90.5 Å². The summed E-state index contributed by atoms with van der Waals surface area (Å²) in [6.45, 7) is 0. The van der Waals surface area contributed by atoms with Gasteiger partial charge in [-0.1, -0.05) is 86.8 Å². The average Bonchev–Trinajstić information content (AvgIpc) is 3.70. The maximum absolute atomic E-state index is 9.64. The summed E-state index contributed by atoms with van der Waals surface area (Å²) in [5.74, 6) is 1.78. The fourth-order valence-corrected chi connectivity index (χ4v) is 10.4. The number of nitriles is 1. The van der Waals surface area contributed by atoms with Crippen molar-refractivity contribution in [3.8, 4) is 73.6 Å². The van der Waals surface area contributed by atoms with Crippen molar-refractivity contribution in [1.82, 2.24) is 15.0 Å². The van der Waals surface area contributed by atoms with Crippen molar-refractivity contribution >= 4 is 208 Å². The van der Waals surface area contributed by atoms with Gasteiger partial charge in [0, 0.05) is 27.5 Å². The van der Waals surface area contributed by atoms with E-state index in [9.17, 15) is 5.26 Å². The first kappa shape index (κ1) is 44.0. The molecule has 0 radical (unpaired) electrons. The Labute approximate surface area is 394 Å². The molecular formula is C46H42B14N4O. The monoisotopic (exact) mass is 820 g/mol. The number of fused-ring (bicyclic) bond motifs is 3. The van der Waals surface area contributed by atoms with Gasteiger partial charge in [-0.05, 0) is 69.8 Å². The molecule has 65 heavy (non-hydrogen) atoms. The number of hydrogen-bond acceptors (Lipinski definition) is 5. The molecule has 0 atom stereocenters. The van der Waals surface area contributed by atoms with Gasteiger partial charge in [-0.25, -0.2) is 15.0 Å². The lowest BCUT2D eigenvalue weighted by atomic mass is 9.56. The minimum Gasteiger partial charge on any atom is -0.456 e. The number of rotatable bonds is 6. The van der Waals surface area contributed by atoms with Crippen LogP contribution in [0.25, 0.3) is 89.5 Å². The van der Waals surface area contributed by atoms with Crippen molar-refractivity contribution in [3.63, 3.8) is 0 Å². The van der Waals surface area contributed by atoms with Crippen molar-refractivity contribution in [2.45, 2.75) is 0 Å². The average molecular weight is 818 g/mol. The fourth-order valence-electron chi connectivity index (χ4n) is 10.4. The van der Waals surface area contributed by atoms with Crippen LogP contribution in [0.3, 0.4) is 0 Å². The first-order chi connectivity index (χ1) is 31.0. The lowest BCUT2D eigenvalue weighted by molar-refractivity contribution is 0.669. The minimum absolute atomic E-state index is 0.569. The largest absolute Gasteiger partial charge is 0.456 e. The molecule has 2 heterocycles. The lowest BCUT2D eigenvalue weighted by Gasteiger charge is -2.27. The van der Waals surface area contributed by atoms with Crippen LogP contribution in [0.2, 0.25) is 0 Å². The highest BCUT2D eigenvalue weighted by atomic mass is 16.3. The van der Waals surface area contributed by atoms with Crippen LogP contribution in [-0.4, -0.2) is 125 Å². The van der Waals surface area contributed by atoms with E-state index in [1.807, 2.05) is 36.4 Å². The van der Waals surface area contributed by atoms with Crippen LogP contribution in [0.1, 0.15) is 5.56 Å². The van der Waals surface area contributed by atoms with Gasteiger partial charge in [0.1, 0.15) is 121 Å². The fraction of sp³-hybridized carbons (Fsp3) is 0. The predicted octanol–water partition coefficient (Wildman–Crippen LogP) is -12.7. The SMILES string of the molecule is Bc1c(B)c(B)c(-c2nc(-c3cccc(-c4cccc(C#N)c4)c3)nc(-c3ccc4c(c3)oc3cccc(-c5c(B)c(B)c(B)c(-c6c(B)c(B)c(B)c(B)c6B)c5B)c34)n2)c(B)c1B. The Morgan fingerprint density at radius 3 is 1.42 bits per heavy atom. The van der Waals surface area contributed by atoms with Gasteiger partial charge in [0.15, 0.2) is 17.5 Å². The molecule has 0 amide bonds. The van der Waals surface area contributed by atoms with Crippen LogP contribution in [0, 0.1) is 11.3 Å². The zero-order chi connectivity index (χ0) is 46.3. The van der Waals surface area contributed by atoms with Crippen molar-refractivity contribution in [2.24, 2.45) is 0 Å². The zero-order valence-corrected chi connectivity index (χ0v) is 40.3. The van der Waals surface area contributed by atoms with Crippen molar-refractivity contribution in [1.29, 1.82) is 5.26 Å². The van der Waals surface area contributed by atoms with E-state index in [2.05, 4.69) is 164 Å². The third-order valence-corrected chi connectivity index (χ3v) is 15.2. The Morgan fingerprint density at radius 1 is 0.369 bits per heavy atom. The Morgan fingerprint density at radius 2 is 0.815 bits per heavy atom. The molecule has 9 rings (SSSR count). The van der Waals surface area contributed by atoms with Gasteiger partial charge in [-0.3, -0.25) is 0 Å². The zero-order valence-electron chi connectivity index (χ0n) is 40.3. The quantitative estimate of drug-likeness (QED) is 0.156. The van der Waals surface area contributed by atoms with E-state index in [-0.39, 0.29) is 0 Å². The van der Waals surface area contributed by atoms with Gasteiger partial charge >= 0.3 is 0 Å². The van der Waals surface area contributed by atoms with Gasteiger partial charge in [-0.15, -0.1) is 38.2 Å². The van der Waals surface area contributed by atoms with E-state index >= 15 is 0 Å². The lowest BCUT2D eigenvalue weighted by Crippen LogP contribution is -2.57. The maximum atomic E-state index is 9.64. The molecule has 9 aromatic rings. The summed E-state index contributed by atoms with van der Waals surface area (Å²) in [4.78, 5) is 15.7. The number of furan rings is 1. The van der Waals surface area contributed by atoms with Crippen LogP contribution in [-0.2, 0) is 0 Å². The molecule has 19 heteroatoms. The first-order valence-electron chi connectivity index (χ1n) is 22.6. The molecular weight excluding hydrogens is 776 g/mol. The Balaban J connectivity index is 1.25. The van der Waals surface area contributed by atoms with Crippen LogP contribution in [0.15, 0.2) is 89.3 Å². The molecule has 5 nitrogen and oxygen atoms in total. The first-order valence-corrected chi connectivity index (χ1v) is 22.6. The third kappa shape index (κ3) is 7.12. The summed E-state index contributed by atoms with van der Waals surface area (Å²) >= 11 is 0. The van der Waals surface area contributed by atoms with E-state index < -0.39 is 0 Å². The van der Waals surface area contributed by atoms with E-state index in [4.69, 9.17) is 19.4 Å². The number of hydrogen-bond donors (Lipinski definition) is 0. The molecule has 294 valence electrons. The predicted molar refractivity (Wildman–Crippen MR) is 319 cm³/mol. The van der Waals surface area contributed by atoms with Gasteiger partial charge in [0.2, 0.25) is 0 Å². The van der Waals surface area contributed by atoms with Crippen molar-refractivity contribution in [2.75, 3.05) is 0 Å². The van der Waals surface area contributed by atoms with Gasteiger partial charge in [-0.2, -0.15) is 5.26 Å². The second-order valence-electron chi connectivity index (χ2n) is 18.3. The van der Waals surface area contributed by atoms with E-state index in [1.165, 1.54) is 87.8 Å². The smallest absolute Gasteiger partial charge is 0.164 e. The highest BCUT2D eigenvalue weighted by molar-refractivity contribution is 6.71. The number of aromatic nitrogens is 3. The summed E-state index contributed by atoms with van der Waals surface area (Å²) in [7, 11) is 31.4. The standard InChI is InChI=1S/C46H42B14N4O/c47-30-26(31(48)37(54)32(49)27(30)28-33(50)38(55)42(59)39(56)34(28)51)22-8-3-9-23-25(22)21-11-10-20(14-24(21)65-23)45-62-44(19-7-2-6-18(13-19)17-5-1-4-16(12-17)15-61)63-46(64-45)29-35(52)40(57)43(60)41(58)36(29)53/h1-14H,47-60H2. The molecule has 0 N–H and O–H groups in total. The summed E-state index contributed by atoms with van der Waals surface area (Å²) in [5.41, 5.74) is 30.2. The molecule has 0 aliphatic heterocycles. The Hall–Kier alpha value is -6.25. The highest BCUT2D eigenvalue weighted by Crippen LogP contribution is 2.38. The van der Waals surface area contributed by atoms with Crippen LogP contribution in [0.4, 0.5) is 0 Å². The molecule has 2 aromatic heterocycles. The summed E-state index contributed by atoms with van der Waals surface area (Å²) in [6.07, 6.45) is 0. The minimum atomic E-state index is 0.569. The molecule has 0 saturated carbocycles. The van der Waals surface area contributed by atoms with E-state index in [1.54, 1.807) is 0 Å². The van der Waals surface area contributed by atoms with Crippen molar-refractivity contribution < 1.29 is 4.42 Å². The van der Waals surface area contributed by atoms with Gasteiger partial charge in [0.25, 0.3) is 0 Å². The molecule has 0 bridgehead atoms. The number of nitrogens with zero attached hydrogens (tertiary/aromatic N) is 4.